The smallest absolute Gasteiger partial charge is 0.210 e. The van der Waals surface area contributed by atoms with E-state index in [1.807, 2.05) is 6.92 Å². The van der Waals surface area contributed by atoms with Crippen molar-refractivity contribution in [3.63, 3.8) is 0 Å². The summed E-state index contributed by atoms with van der Waals surface area (Å²) in [4.78, 5) is 0. The van der Waals surface area contributed by atoms with Crippen molar-refractivity contribution in [3.8, 4) is 0 Å². The summed E-state index contributed by atoms with van der Waals surface area (Å²) in [5, 5.41) is 8.86. The van der Waals surface area contributed by atoms with E-state index < -0.39 is 0 Å². The molecular formula is C12H16N4S. The molecule has 1 heterocycles. The minimum atomic E-state index is 0.766. The van der Waals surface area contributed by atoms with E-state index in [1.54, 1.807) is 16.4 Å². The van der Waals surface area contributed by atoms with Crippen LogP contribution in [0.5, 0.6) is 0 Å². The van der Waals surface area contributed by atoms with E-state index in [0.717, 1.165) is 23.2 Å². The fourth-order valence-corrected chi connectivity index (χ4v) is 2.31. The number of nitrogens with two attached hydrogens (primary N) is 1. The lowest BCUT2D eigenvalue weighted by Gasteiger charge is -2.02. The third-order valence-corrected chi connectivity index (χ3v) is 3.55. The second-order valence-electron chi connectivity index (χ2n) is 3.90. The minimum absolute atomic E-state index is 0.766. The molecule has 0 bridgehead atoms. The zero-order chi connectivity index (χ0) is 12.3. The molecule has 0 aliphatic heterocycles. The Labute approximate surface area is 105 Å². The molecule has 0 aliphatic rings. The molecule has 2 aromatic rings. The van der Waals surface area contributed by atoms with Crippen LogP contribution in [0.25, 0.3) is 0 Å². The van der Waals surface area contributed by atoms with Crippen molar-refractivity contribution in [3.05, 3.63) is 41.2 Å². The average Bonchev–Trinajstić information content (AvgIpc) is 2.69. The van der Waals surface area contributed by atoms with Crippen LogP contribution in [0.15, 0.2) is 29.4 Å². The van der Waals surface area contributed by atoms with Crippen molar-refractivity contribution >= 4 is 11.8 Å². The Bertz CT molecular complexity index is 490. The lowest BCUT2D eigenvalue weighted by Crippen LogP contribution is -2.13. The molecule has 17 heavy (non-hydrogen) atoms. The number of hydrogen-bond donors (Lipinski definition) is 1. The van der Waals surface area contributed by atoms with Crippen LogP contribution < -0.4 is 5.84 Å². The Morgan fingerprint density at radius 1 is 1.24 bits per heavy atom. The van der Waals surface area contributed by atoms with Gasteiger partial charge in [0, 0.05) is 12.2 Å². The number of aromatic nitrogens is 3. The average molecular weight is 248 g/mol. The number of nitrogen functional groups attached to an aromatic ring is 1. The quantitative estimate of drug-likeness (QED) is 0.665. The van der Waals surface area contributed by atoms with Gasteiger partial charge in [-0.15, -0.1) is 10.2 Å². The first-order valence-electron chi connectivity index (χ1n) is 5.58. The number of thioether (sulfide) groups is 1. The van der Waals surface area contributed by atoms with Crippen LogP contribution >= 0.6 is 11.8 Å². The molecule has 5 heteroatoms. The summed E-state index contributed by atoms with van der Waals surface area (Å²) < 4.78 is 1.57. The molecule has 0 unspecified atom stereocenters. The third-order valence-electron chi connectivity index (χ3n) is 2.54. The fourth-order valence-electron chi connectivity index (χ4n) is 1.48. The molecule has 90 valence electrons. The number of aryl methyl sites for hydroxylation is 2. The van der Waals surface area contributed by atoms with Gasteiger partial charge in [0.2, 0.25) is 5.16 Å². The molecule has 0 aliphatic carbocycles. The minimum Gasteiger partial charge on any atom is -0.336 e. The highest BCUT2D eigenvalue weighted by atomic mass is 32.2. The number of nitrogens with zero attached hydrogens (tertiary/aromatic N) is 3. The molecule has 0 saturated heterocycles. The van der Waals surface area contributed by atoms with E-state index in [4.69, 9.17) is 5.84 Å². The first kappa shape index (κ1) is 12.0. The van der Waals surface area contributed by atoms with Crippen LogP contribution in [-0.2, 0) is 12.2 Å². The fraction of sp³-hybridized carbons (Fsp3) is 0.333. The Morgan fingerprint density at radius 3 is 2.53 bits per heavy atom. The largest absolute Gasteiger partial charge is 0.336 e. The SMILES string of the molecule is CCc1nnc(SCc2ccc(C)cc2)n1N. The Hall–Kier alpha value is -1.49. The monoisotopic (exact) mass is 248 g/mol. The van der Waals surface area contributed by atoms with Crippen LogP contribution in [0.3, 0.4) is 0 Å². The van der Waals surface area contributed by atoms with Crippen LogP contribution in [0.4, 0.5) is 0 Å². The Kier molecular flexibility index (Phi) is 3.68. The molecule has 0 saturated carbocycles. The molecule has 0 amide bonds. The molecule has 2 N–H and O–H groups in total. The first-order valence-corrected chi connectivity index (χ1v) is 6.57. The van der Waals surface area contributed by atoms with Gasteiger partial charge in [-0.3, -0.25) is 0 Å². The van der Waals surface area contributed by atoms with Crippen LogP contribution in [0.1, 0.15) is 23.9 Å². The summed E-state index contributed by atoms with van der Waals surface area (Å²) in [6.45, 7) is 4.10. The summed E-state index contributed by atoms with van der Waals surface area (Å²) in [6.07, 6.45) is 0.800. The van der Waals surface area contributed by atoms with Gasteiger partial charge in [0.15, 0.2) is 5.82 Å². The van der Waals surface area contributed by atoms with Crippen molar-refractivity contribution < 1.29 is 0 Å². The maximum absolute atomic E-state index is 5.87. The predicted octanol–water partition coefficient (Wildman–Crippen LogP) is 2.16. The van der Waals surface area contributed by atoms with E-state index in [0.29, 0.717) is 0 Å². The maximum Gasteiger partial charge on any atom is 0.210 e. The molecule has 1 aromatic heterocycles. The van der Waals surface area contributed by atoms with E-state index in [-0.39, 0.29) is 0 Å². The highest BCUT2D eigenvalue weighted by molar-refractivity contribution is 7.98. The molecule has 0 spiro atoms. The zero-order valence-corrected chi connectivity index (χ0v) is 10.9. The predicted molar refractivity (Wildman–Crippen MR) is 70.3 cm³/mol. The van der Waals surface area contributed by atoms with Gasteiger partial charge in [0.05, 0.1) is 0 Å². The van der Waals surface area contributed by atoms with Gasteiger partial charge in [0.1, 0.15) is 0 Å². The summed E-state index contributed by atoms with van der Waals surface area (Å²) in [5.41, 5.74) is 2.54. The number of hydrogen-bond acceptors (Lipinski definition) is 4. The van der Waals surface area contributed by atoms with Gasteiger partial charge in [-0.05, 0) is 12.5 Å². The zero-order valence-electron chi connectivity index (χ0n) is 10.1. The standard InChI is InChI=1S/C12H16N4S/c1-3-11-14-15-12(16(11)13)17-8-10-6-4-9(2)5-7-10/h4-7H,3,8,13H2,1-2H3. The Morgan fingerprint density at radius 2 is 1.94 bits per heavy atom. The van der Waals surface area contributed by atoms with E-state index in [2.05, 4.69) is 41.4 Å². The van der Waals surface area contributed by atoms with Crippen molar-refractivity contribution in [1.82, 2.24) is 14.9 Å². The van der Waals surface area contributed by atoms with E-state index >= 15 is 0 Å². The van der Waals surface area contributed by atoms with Crippen molar-refractivity contribution in [1.29, 1.82) is 0 Å². The van der Waals surface area contributed by atoms with E-state index in [1.165, 1.54) is 11.1 Å². The lowest BCUT2D eigenvalue weighted by atomic mass is 10.2. The molecular weight excluding hydrogens is 232 g/mol. The molecule has 1 aromatic carbocycles. The van der Waals surface area contributed by atoms with Crippen LogP contribution in [0, 0.1) is 6.92 Å². The van der Waals surface area contributed by atoms with Crippen molar-refractivity contribution in [2.24, 2.45) is 0 Å². The number of rotatable bonds is 4. The van der Waals surface area contributed by atoms with Gasteiger partial charge in [-0.1, -0.05) is 48.5 Å². The van der Waals surface area contributed by atoms with Gasteiger partial charge in [0.25, 0.3) is 0 Å². The summed E-state index contributed by atoms with van der Waals surface area (Å²) in [5.74, 6) is 7.55. The van der Waals surface area contributed by atoms with Gasteiger partial charge < -0.3 is 5.84 Å². The molecule has 0 fully saturated rings. The van der Waals surface area contributed by atoms with Gasteiger partial charge in [-0.2, -0.15) is 0 Å². The van der Waals surface area contributed by atoms with E-state index in [9.17, 15) is 0 Å². The maximum atomic E-state index is 5.87. The van der Waals surface area contributed by atoms with Crippen molar-refractivity contribution in [2.45, 2.75) is 31.2 Å². The normalized spacial score (nSPS) is 10.7. The third kappa shape index (κ3) is 2.79. The summed E-state index contributed by atoms with van der Waals surface area (Å²) in [7, 11) is 0. The van der Waals surface area contributed by atoms with Gasteiger partial charge >= 0.3 is 0 Å². The summed E-state index contributed by atoms with van der Waals surface area (Å²) in [6, 6.07) is 8.47. The second kappa shape index (κ2) is 5.23. The molecule has 4 nitrogen and oxygen atoms in total. The second-order valence-corrected chi connectivity index (χ2v) is 4.84. The van der Waals surface area contributed by atoms with Crippen molar-refractivity contribution in [2.75, 3.05) is 5.84 Å². The Balaban J connectivity index is 2.02. The summed E-state index contributed by atoms with van der Waals surface area (Å²) >= 11 is 1.61. The van der Waals surface area contributed by atoms with Crippen LogP contribution in [0.2, 0.25) is 0 Å². The lowest BCUT2D eigenvalue weighted by molar-refractivity contribution is 0.796. The highest BCUT2D eigenvalue weighted by Gasteiger charge is 2.08. The molecule has 0 radical (unpaired) electrons. The van der Waals surface area contributed by atoms with Crippen LogP contribution in [-0.4, -0.2) is 14.9 Å². The molecule has 2 rings (SSSR count). The highest BCUT2D eigenvalue weighted by Crippen LogP contribution is 2.20. The first-order chi connectivity index (χ1) is 8.20. The molecule has 0 atom stereocenters. The van der Waals surface area contributed by atoms with Gasteiger partial charge in [-0.25, -0.2) is 4.68 Å². The topological polar surface area (TPSA) is 56.7 Å². The number of benzene rings is 1.